The minimum Gasteiger partial charge on any atom is -0.460 e. The molecule has 0 fully saturated rings. The Bertz CT molecular complexity index is 1030. The fraction of sp³-hybridized carbons (Fsp3) is 0.192. The molecule has 7 heteroatoms. The van der Waals surface area contributed by atoms with E-state index in [-0.39, 0.29) is 26.2 Å². The van der Waals surface area contributed by atoms with Crippen molar-refractivity contribution >= 4 is 18.0 Å². The molecule has 3 aromatic rings. The maximum atomic E-state index is 12.7. The zero-order valence-electron chi connectivity index (χ0n) is 18.1. The third-order valence-corrected chi connectivity index (χ3v) is 4.75. The highest BCUT2D eigenvalue weighted by atomic mass is 16.5. The van der Waals surface area contributed by atoms with Crippen LogP contribution in [0.4, 0.5) is 4.79 Å². The molecular formula is C26H26N2O5. The lowest BCUT2D eigenvalue weighted by molar-refractivity contribution is -0.145. The van der Waals surface area contributed by atoms with Gasteiger partial charge in [0, 0.05) is 6.42 Å². The Hall–Kier alpha value is -4.13. The van der Waals surface area contributed by atoms with Crippen molar-refractivity contribution in [3.63, 3.8) is 0 Å². The maximum absolute atomic E-state index is 12.7. The third-order valence-electron chi connectivity index (χ3n) is 4.75. The molecule has 33 heavy (non-hydrogen) atoms. The van der Waals surface area contributed by atoms with Crippen LogP contribution < -0.4 is 10.6 Å². The number of carbonyl (C=O) groups excluding carboxylic acids is 3. The zero-order chi connectivity index (χ0) is 23.3. The lowest BCUT2D eigenvalue weighted by Gasteiger charge is -2.18. The van der Waals surface area contributed by atoms with Gasteiger partial charge in [-0.3, -0.25) is 9.59 Å². The number of hydrogen-bond acceptors (Lipinski definition) is 5. The number of hydrogen-bond donors (Lipinski definition) is 2. The molecule has 0 aliphatic carbocycles. The van der Waals surface area contributed by atoms with Crippen LogP contribution in [0, 0.1) is 0 Å². The SMILES string of the molecule is O=C(CNC(=O)[C@H](Cc1ccccc1)NC(=O)OCc1ccccc1)OCc1ccccc1. The second-order valence-electron chi connectivity index (χ2n) is 7.31. The summed E-state index contributed by atoms with van der Waals surface area (Å²) in [5.41, 5.74) is 2.53. The number of nitrogens with one attached hydrogen (secondary N) is 2. The minimum absolute atomic E-state index is 0.0815. The molecule has 0 spiro atoms. The van der Waals surface area contributed by atoms with E-state index in [0.717, 1.165) is 16.7 Å². The normalized spacial score (nSPS) is 11.2. The van der Waals surface area contributed by atoms with Gasteiger partial charge in [0.1, 0.15) is 25.8 Å². The van der Waals surface area contributed by atoms with E-state index in [1.807, 2.05) is 91.0 Å². The van der Waals surface area contributed by atoms with Crippen LogP contribution in [-0.4, -0.2) is 30.6 Å². The molecule has 3 aromatic carbocycles. The molecule has 0 heterocycles. The summed E-state index contributed by atoms with van der Waals surface area (Å²) in [6, 6.07) is 26.8. The predicted octanol–water partition coefficient (Wildman–Crippen LogP) is 3.38. The van der Waals surface area contributed by atoms with Gasteiger partial charge in [-0.05, 0) is 16.7 Å². The monoisotopic (exact) mass is 446 g/mol. The molecule has 0 aromatic heterocycles. The second kappa shape index (κ2) is 12.7. The first-order valence-corrected chi connectivity index (χ1v) is 10.6. The quantitative estimate of drug-likeness (QED) is 0.466. The van der Waals surface area contributed by atoms with E-state index in [1.165, 1.54) is 0 Å². The van der Waals surface area contributed by atoms with Crippen molar-refractivity contribution < 1.29 is 23.9 Å². The molecule has 0 saturated carbocycles. The zero-order valence-corrected chi connectivity index (χ0v) is 18.1. The summed E-state index contributed by atoms with van der Waals surface area (Å²) >= 11 is 0. The van der Waals surface area contributed by atoms with Crippen LogP contribution in [0.15, 0.2) is 91.0 Å². The number of carbonyl (C=O) groups is 3. The van der Waals surface area contributed by atoms with Crippen molar-refractivity contribution in [2.24, 2.45) is 0 Å². The number of esters is 1. The fourth-order valence-electron chi connectivity index (χ4n) is 3.04. The van der Waals surface area contributed by atoms with Crippen molar-refractivity contribution in [3.05, 3.63) is 108 Å². The minimum atomic E-state index is -0.919. The lowest BCUT2D eigenvalue weighted by atomic mass is 10.1. The highest BCUT2D eigenvalue weighted by Crippen LogP contribution is 2.06. The summed E-state index contributed by atoms with van der Waals surface area (Å²) < 4.78 is 10.4. The van der Waals surface area contributed by atoms with Gasteiger partial charge in [0.2, 0.25) is 5.91 Å². The first-order chi connectivity index (χ1) is 16.1. The molecule has 2 N–H and O–H groups in total. The summed E-state index contributed by atoms with van der Waals surface area (Å²) in [5.74, 6) is -1.08. The number of alkyl carbamates (subject to hydrolysis) is 1. The molecule has 2 amide bonds. The second-order valence-corrected chi connectivity index (χ2v) is 7.31. The first kappa shape index (κ1) is 23.5. The highest BCUT2D eigenvalue weighted by Gasteiger charge is 2.22. The van der Waals surface area contributed by atoms with E-state index in [4.69, 9.17) is 9.47 Å². The molecule has 0 unspecified atom stereocenters. The largest absolute Gasteiger partial charge is 0.460 e. The molecule has 0 saturated heterocycles. The Morgan fingerprint density at radius 1 is 0.667 bits per heavy atom. The van der Waals surface area contributed by atoms with Gasteiger partial charge >= 0.3 is 12.1 Å². The Morgan fingerprint density at radius 2 is 1.15 bits per heavy atom. The molecule has 1 atom stereocenters. The summed E-state index contributed by atoms with van der Waals surface area (Å²) in [4.78, 5) is 37.1. The lowest BCUT2D eigenvalue weighted by Crippen LogP contribution is -2.49. The fourth-order valence-corrected chi connectivity index (χ4v) is 3.04. The molecule has 3 rings (SSSR count). The van der Waals surface area contributed by atoms with E-state index < -0.39 is 24.0 Å². The molecule has 0 aliphatic heterocycles. The number of ether oxygens (including phenoxy) is 2. The first-order valence-electron chi connectivity index (χ1n) is 10.6. The number of rotatable bonds is 10. The van der Waals surface area contributed by atoms with Gasteiger partial charge in [0.15, 0.2) is 0 Å². The average molecular weight is 447 g/mol. The van der Waals surface area contributed by atoms with Crippen LogP contribution >= 0.6 is 0 Å². The van der Waals surface area contributed by atoms with Gasteiger partial charge < -0.3 is 20.1 Å². The molecule has 7 nitrogen and oxygen atoms in total. The topological polar surface area (TPSA) is 93.7 Å². The Balaban J connectivity index is 1.52. The predicted molar refractivity (Wildman–Crippen MR) is 123 cm³/mol. The van der Waals surface area contributed by atoms with Crippen LogP contribution in [0.3, 0.4) is 0 Å². The summed E-state index contributed by atoms with van der Waals surface area (Å²) in [6.07, 6.45) is -0.479. The Labute approximate surface area is 192 Å². The van der Waals surface area contributed by atoms with Crippen LogP contribution in [0.2, 0.25) is 0 Å². The van der Waals surface area contributed by atoms with E-state index in [0.29, 0.717) is 0 Å². The molecule has 0 bridgehead atoms. The molecule has 0 radical (unpaired) electrons. The summed E-state index contributed by atoms with van der Waals surface area (Å²) in [5, 5.41) is 5.13. The van der Waals surface area contributed by atoms with Gasteiger partial charge in [-0.25, -0.2) is 4.79 Å². The van der Waals surface area contributed by atoms with Gasteiger partial charge in [0.05, 0.1) is 0 Å². The average Bonchev–Trinajstić information content (AvgIpc) is 2.86. The summed E-state index contributed by atoms with van der Waals surface area (Å²) in [7, 11) is 0. The third kappa shape index (κ3) is 8.49. The van der Waals surface area contributed by atoms with Gasteiger partial charge in [-0.2, -0.15) is 0 Å². The molecule has 0 aliphatic rings. The highest BCUT2D eigenvalue weighted by molar-refractivity contribution is 5.88. The summed E-state index contributed by atoms with van der Waals surface area (Å²) in [6.45, 7) is -0.108. The smallest absolute Gasteiger partial charge is 0.408 e. The number of benzene rings is 3. The Kier molecular flexibility index (Phi) is 9.03. The van der Waals surface area contributed by atoms with Crippen molar-refractivity contribution in [1.29, 1.82) is 0 Å². The molecule has 170 valence electrons. The number of amides is 2. The molecular weight excluding hydrogens is 420 g/mol. The van der Waals surface area contributed by atoms with E-state index in [2.05, 4.69) is 10.6 Å². The van der Waals surface area contributed by atoms with E-state index in [9.17, 15) is 14.4 Å². The van der Waals surface area contributed by atoms with Gasteiger partial charge in [-0.15, -0.1) is 0 Å². The van der Waals surface area contributed by atoms with E-state index >= 15 is 0 Å². The van der Waals surface area contributed by atoms with Crippen LogP contribution in [0.1, 0.15) is 16.7 Å². The van der Waals surface area contributed by atoms with Crippen molar-refractivity contribution in [2.45, 2.75) is 25.7 Å². The van der Waals surface area contributed by atoms with E-state index in [1.54, 1.807) is 0 Å². The maximum Gasteiger partial charge on any atom is 0.408 e. The Morgan fingerprint density at radius 3 is 1.70 bits per heavy atom. The van der Waals surface area contributed by atoms with Crippen LogP contribution in [0.25, 0.3) is 0 Å². The van der Waals surface area contributed by atoms with Crippen LogP contribution in [0.5, 0.6) is 0 Å². The van der Waals surface area contributed by atoms with Gasteiger partial charge in [0.25, 0.3) is 0 Å². The van der Waals surface area contributed by atoms with Crippen molar-refractivity contribution in [3.8, 4) is 0 Å². The standard InChI is InChI=1S/C26H26N2O5/c29-24(32-18-21-12-6-2-7-13-21)17-27-25(30)23(16-20-10-4-1-5-11-20)28-26(31)33-19-22-14-8-3-9-15-22/h1-15,23H,16-19H2,(H,27,30)(H,28,31)/t23-/m0/s1. The van der Waals surface area contributed by atoms with Crippen LogP contribution in [-0.2, 0) is 38.7 Å². The van der Waals surface area contributed by atoms with Crippen molar-refractivity contribution in [2.75, 3.05) is 6.54 Å². The van der Waals surface area contributed by atoms with Gasteiger partial charge in [-0.1, -0.05) is 91.0 Å². The van der Waals surface area contributed by atoms with Crippen molar-refractivity contribution in [1.82, 2.24) is 10.6 Å².